The summed E-state index contributed by atoms with van der Waals surface area (Å²) in [6, 6.07) is 2.44. The third-order valence-electron chi connectivity index (χ3n) is 2.65. The van der Waals surface area contributed by atoms with Gasteiger partial charge in [0.05, 0.1) is 11.3 Å². The van der Waals surface area contributed by atoms with Crippen molar-refractivity contribution in [3.05, 3.63) is 29.6 Å². The first-order valence-corrected chi connectivity index (χ1v) is 5.70. The van der Waals surface area contributed by atoms with E-state index in [0.717, 1.165) is 18.6 Å². The Hall–Kier alpha value is -1.30. The second kappa shape index (κ2) is 6.04. The summed E-state index contributed by atoms with van der Waals surface area (Å²) in [5.74, 6) is -0.908. The van der Waals surface area contributed by atoms with Gasteiger partial charge in [0.2, 0.25) is 0 Å². The van der Waals surface area contributed by atoms with Crippen LogP contribution in [0.4, 0.5) is 23.2 Å². The molecule has 0 bridgehead atoms. The Morgan fingerprint density at radius 3 is 2.50 bits per heavy atom. The lowest BCUT2D eigenvalue weighted by Gasteiger charge is -2.12. The van der Waals surface area contributed by atoms with Crippen molar-refractivity contribution in [2.24, 2.45) is 5.73 Å². The highest BCUT2D eigenvalue weighted by molar-refractivity contribution is 5.46. The Kier molecular flexibility index (Phi) is 4.95. The number of hydrogen-bond donors (Lipinski definition) is 2. The number of benzene rings is 1. The zero-order valence-corrected chi connectivity index (χ0v) is 10.0. The van der Waals surface area contributed by atoms with Crippen LogP contribution < -0.4 is 11.1 Å². The molecule has 1 aromatic rings. The zero-order chi connectivity index (χ0) is 13.8. The van der Waals surface area contributed by atoms with Crippen molar-refractivity contribution in [1.29, 1.82) is 0 Å². The lowest BCUT2D eigenvalue weighted by molar-refractivity contribution is -0.137. The van der Waals surface area contributed by atoms with Crippen LogP contribution in [-0.2, 0) is 6.18 Å². The van der Waals surface area contributed by atoms with Crippen molar-refractivity contribution in [2.75, 3.05) is 11.9 Å². The van der Waals surface area contributed by atoms with Crippen LogP contribution in [0.3, 0.4) is 0 Å². The van der Waals surface area contributed by atoms with E-state index in [1.54, 1.807) is 0 Å². The summed E-state index contributed by atoms with van der Waals surface area (Å²) >= 11 is 0. The van der Waals surface area contributed by atoms with Gasteiger partial charge in [-0.2, -0.15) is 13.2 Å². The van der Waals surface area contributed by atoms with Crippen LogP contribution in [0.25, 0.3) is 0 Å². The van der Waals surface area contributed by atoms with Crippen molar-refractivity contribution >= 4 is 5.69 Å². The highest BCUT2D eigenvalue weighted by atomic mass is 19.4. The molecule has 18 heavy (non-hydrogen) atoms. The number of alkyl halides is 3. The van der Waals surface area contributed by atoms with E-state index in [-0.39, 0.29) is 11.7 Å². The minimum absolute atomic E-state index is 0.00927. The molecule has 0 amide bonds. The van der Waals surface area contributed by atoms with Gasteiger partial charge in [0.25, 0.3) is 0 Å². The molecule has 0 aromatic heterocycles. The van der Waals surface area contributed by atoms with E-state index in [0.29, 0.717) is 19.0 Å². The van der Waals surface area contributed by atoms with Gasteiger partial charge in [0, 0.05) is 12.6 Å². The molecule has 1 rings (SSSR count). The van der Waals surface area contributed by atoms with Gasteiger partial charge in [-0.15, -0.1) is 0 Å². The van der Waals surface area contributed by atoms with Crippen molar-refractivity contribution in [2.45, 2.75) is 32.0 Å². The topological polar surface area (TPSA) is 38.0 Å². The fourth-order valence-electron chi connectivity index (χ4n) is 1.43. The summed E-state index contributed by atoms with van der Waals surface area (Å²) in [4.78, 5) is 0. The Labute approximate surface area is 103 Å². The molecule has 102 valence electrons. The lowest BCUT2D eigenvalue weighted by Crippen LogP contribution is -2.22. The third kappa shape index (κ3) is 4.18. The van der Waals surface area contributed by atoms with Crippen LogP contribution in [0, 0.1) is 5.82 Å². The molecule has 3 N–H and O–H groups in total. The maximum Gasteiger partial charge on any atom is 0.416 e. The molecule has 0 radical (unpaired) electrons. The molecule has 6 heteroatoms. The summed E-state index contributed by atoms with van der Waals surface area (Å²) in [6.07, 6.45) is -3.09. The van der Waals surface area contributed by atoms with Gasteiger partial charge >= 0.3 is 6.18 Å². The highest BCUT2D eigenvalue weighted by Crippen LogP contribution is 2.31. The van der Waals surface area contributed by atoms with Gasteiger partial charge in [0.1, 0.15) is 5.82 Å². The molecular formula is C12H16F4N2. The molecule has 0 spiro atoms. The molecule has 0 heterocycles. The van der Waals surface area contributed by atoms with Crippen LogP contribution >= 0.6 is 0 Å². The summed E-state index contributed by atoms with van der Waals surface area (Å²) in [7, 11) is 0. The quantitative estimate of drug-likeness (QED) is 0.800. The summed E-state index contributed by atoms with van der Waals surface area (Å²) in [6.45, 7) is 2.36. The zero-order valence-electron chi connectivity index (χ0n) is 10.0. The largest absolute Gasteiger partial charge is 0.416 e. The minimum Gasteiger partial charge on any atom is -0.383 e. The molecule has 1 atom stereocenters. The smallest absolute Gasteiger partial charge is 0.383 e. The molecule has 0 saturated carbocycles. The normalized spacial score (nSPS) is 13.4. The van der Waals surface area contributed by atoms with Crippen LogP contribution in [0.5, 0.6) is 0 Å². The predicted octanol–water partition coefficient (Wildman–Crippen LogP) is 3.38. The van der Waals surface area contributed by atoms with E-state index < -0.39 is 17.6 Å². The van der Waals surface area contributed by atoms with Crippen LogP contribution in [-0.4, -0.2) is 12.6 Å². The van der Waals surface area contributed by atoms with Gasteiger partial charge < -0.3 is 11.1 Å². The number of anilines is 1. The molecule has 2 nitrogen and oxygen atoms in total. The first-order valence-electron chi connectivity index (χ1n) is 5.70. The van der Waals surface area contributed by atoms with E-state index in [2.05, 4.69) is 5.32 Å². The Morgan fingerprint density at radius 1 is 1.33 bits per heavy atom. The number of nitrogens with two attached hydrogens (primary N) is 1. The van der Waals surface area contributed by atoms with Gasteiger partial charge in [-0.05, 0) is 31.0 Å². The fourth-order valence-corrected chi connectivity index (χ4v) is 1.43. The summed E-state index contributed by atoms with van der Waals surface area (Å²) in [5.41, 5.74) is 4.75. The van der Waals surface area contributed by atoms with E-state index in [1.165, 1.54) is 0 Å². The van der Waals surface area contributed by atoms with Crippen LogP contribution in [0.1, 0.15) is 25.3 Å². The minimum atomic E-state index is -4.52. The Bertz CT molecular complexity index is 390. The molecule has 0 aliphatic heterocycles. The monoisotopic (exact) mass is 264 g/mol. The second-order valence-electron chi connectivity index (χ2n) is 4.08. The van der Waals surface area contributed by atoms with E-state index >= 15 is 0 Å². The average molecular weight is 264 g/mol. The third-order valence-corrected chi connectivity index (χ3v) is 2.65. The molecule has 1 aromatic carbocycles. The first kappa shape index (κ1) is 14.8. The van der Waals surface area contributed by atoms with Crippen molar-refractivity contribution in [1.82, 2.24) is 0 Å². The SMILES string of the molecule is CCC(N)CCNc1ccc(C(F)(F)F)cc1F. The number of halogens is 4. The fraction of sp³-hybridized carbons (Fsp3) is 0.500. The molecule has 1 unspecified atom stereocenters. The van der Waals surface area contributed by atoms with E-state index in [4.69, 9.17) is 5.73 Å². The number of hydrogen-bond acceptors (Lipinski definition) is 2. The molecule has 0 saturated heterocycles. The second-order valence-corrected chi connectivity index (χ2v) is 4.08. The molecule has 0 aliphatic rings. The Balaban J connectivity index is 2.63. The van der Waals surface area contributed by atoms with Gasteiger partial charge in [-0.1, -0.05) is 6.92 Å². The number of nitrogens with one attached hydrogen (secondary N) is 1. The molecule has 0 aliphatic carbocycles. The van der Waals surface area contributed by atoms with E-state index in [1.807, 2.05) is 6.92 Å². The molecule has 0 fully saturated rings. The van der Waals surface area contributed by atoms with Crippen molar-refractivity contribution in [3.8, 4) is 0 Å². The maximum absolute atomic E-state index is 13.4. The first-order chi connectivity index (χ1) is 8.34. The number of rotatable bonds is 5. The molecular weight excluding hydrogens is 248 g/mol. The maximum atomic E-state index is 13.4. The standard InChI is InChI=1S/C12H16F4N2/c1-2-9(17)5-6-18-11-4-3-8(7-10(11)13)12(14,15)16/h3-4,7,9,18H,2,5-6,17H2,1H3. The van der Waals surface area contributed by atoms with Gasteiger partial charge in [0.15, 0.2) is 0 Å². The summed E-state index contributed by atoms with van der Waals surface area (Å²) in [5, 5.41) is 2.73. The summed E-state index contributed by atoms with van der Waals surface area (Å²) < 4.78 is 50.3. The van der Waals surface area contributed by atoms with Crippen LogP contribution in [0.15, 0.2) is 18.2 Å². The Morgan fingerprint density at radius 2 is 2.00 bits per heavy atom. The average Bonchev–Trinajstić information content (AvgIpc) is 2.29. The van der Waals surface area contributed by atoms with Gasteiger partial charge in [-0.25, -0.2) is 4.39 Å². The lowest BCUT2D eigenvalue weighted by atomic mass is 10.1. The van der Waals surface area contributed by atoms with Crippen molar-refractivity contribution < 1.29 is 17.6 Å². The van der Waals surface area contributed by atoms with Crippen LogP contribution in [0.2, 0.25) is 0 Å². The highest BCUT2D eigenvalue weighted by Gasteiger charge is 2.31. The van der Waals surface area contributed by atoms with Gasteiger partial charge in [-0.3, -0.25) is 0 Å². The van der Waals surface area contributed by atoms with E-state index in [9.17, 15) is 17.6 Å². The predicted molar refractivity (Wildman–Crippen MR) is 62.8 cm³/mol. The van der Waals surface area contributed by atoms with Crippen molar-refractivity contribution in [3.63, 3.8) is 0 Å².